The van der Waals surface area contributed by atoms with Gasteiger partial charge in [0.1, 0.15) is 11.4 Å². The molecule has 1 aliphatic heterocycles. The summed E-state index contributed by atoms with van der Waals surface area (Å²) in [6.45, 7) is 2.79. The van der Waals surface area contributed by atoms with Crippen LogP contribution in [-0.2, 0) is 25.6 Å². The van der Waals surface area contributed by atoms with Gasteiger partial charge in [0.25, 0.3) is 0 Å². The predicted molar refractivity (Wildman–Crippen MR) is 97.9 cm³/mol. The van der Waals surface area contributed by atoms with Crippen molar-refractivity contribution in [2.45, 2.75) is 31.7 Å². The number of likely N-dealkylation sites (N-methyl/N-ethyl adjacent to an activating group) is 1. The van der Waals surface area contributed by atoms with E-state index in [2.05, 4.69) is 15.9 Å². The van der Waals surface area contributed by atoms with Gasteiger partial charge in [-0.25, -0.2) is 9.18 Å². The number of nitrogens with zero attached hydrogens (tertiary/aromatic N) is 2. The molecule has 144 valence electrons. The van der Waals surface area contributed by atoms with E-state index in [1.54, 1.807) is 32.2 Å². The number of esters is 1. The molecule has 0 saturated carbocycles. The minimum Gasteiger partial charge on any atom is -0.467 e. The molecular formula is C18H24BrFN2O4. The van der Waals surface area contributed by atoms with Crippen LogP contribution in [0.4, 0.5) is 4.39 Å². The highest BCUT2D eigenvalue weighted by Crippen LogP contribution is 2.31. The van der Waals surface area contributed by atoms with Crippen LogP contribution >= 0.6 is 15.9 Å². The fourth-order valence-electron chi connectivity index (χ4n) is 3.30. The lowest BCUT2D eigenvalue weighted by atomic mass is 9.86. The summed E-state index contributed by atoms with van der Waals surface area (Å²) in [6.07, 6.45) is 0.914. The lowest BCUT2D eigenvalue weighted by molar-refractivity contribution is -0.183. The predicted octanol–water partition coefficient (Wildman–Crippen LogP) is 2.47. The van der Waals surface area contributed by atoms with E-state index >= 15 is 0 Å². The van der Waals surface area contributed by atoms with E-state index in [0.717, 1.165) is 0 Å². The van der Waals surface area contributed by atoms with Crippen LogP contribution in [0.15, 0.2) is 16.6 Å². The summed E-state index contributed by atoms with van der Waals surface area (Å²) in [5.74, 6) is -1.02. The molecule has 0 radical (unpaired) electrons. The molecule has 8 heteroatoms. The van der Waals surface area contributed by atoms with Crippen molar-refractivity contribution in [3.05, 3.63) is 33.5 Å². The van der Waals surface area contributed by atoms with Gasteiger partial charge in [0.05, 0.1) is 25.1 Å². The Labute approximate surface area is 161 Å². The topological polar surface area (TPSA) is 59.1 Å². The van der Waals surface area contributed by atoms with Crippen molar-refractivity contribution in [1.29, 1.82) is 0 Å². The van der Waals surface area contributed by atoms with E-state index in [1.807, 2.05) is 0 Å². The SMILES string of the molecule is COC(=O)C1(N(C)C(=O)Cc2cc(Br)c(F)cc2C)CCN(OC)CC1. The molecule has 0 N–H and O–H groups in total. The Morgan fingerprint density at radius 3 is 2.46 bits per heavy atom. The maximum Gasteiger partial charge on any atom is 0.331 e. The lowest BCUT2D eigenvalue weighted by Gasteiger charge is -2.44. The van der Waals surface area contributed by atoms with E-state index in [1.165, 1.54) is 18.1 Å². The smallest absolute Gasteiger partial charge is 0.331 e. The summed E-state index contributed by atoms with van der Waals surface area (Å²) in [4.78, 5) is 32.1. The number of aryl methyl sites for hydroxylation is 1. The number of hydrogen-bond donors (Lipinski definition) is 0. The number of rotatable bonds is 5. The first kappa shape index (κ1) is 20.8. The summed E-state index contributed by atoms with van der Waals surface area (Å²) < 4.78 is 18.9. The summed E-state index contributed by atoms with van der Waals surface area (Å²) in [7, 11) is 4.52. The van der Waals surface area contributed by atoms with Gasteiger partial charge in [-0.15, -0.1) is 0 Å². The zero-order valence-electron chi connectivity index (χ0n) is 15.5. The van der Waals surface area contributed by atoms with Crippen LogP contribution in [0.1, 0.15) is 24.0 Å². The normalized spacial score (nSPS) is 17.0. The number of amides is 1. The van der Waals surface area contributed by atoms with Gasteiger partial charge >= 0.3 is 5.97 Å². The second-order valence-electron chi connectivity index (χ2n) is 6.46. The number of halogens is 2. The third-order valence-corrected chi connectivity index (χ3v) is 5.72. The second-order valence-corrected chi connectivity index (χ2v) is 7.31. The van der Waals surface area contributed by atoms with Crippen molar-refractivity contribution >= 4 is 27.8 Å². The molecular weight excluding hydrogens is 407 g/mol. The molecule has 0 aliphatic carbocycles. The van der Waals surface area contributed by atoms with Gasteiger partial charge in [0, 0.05) is 20.1 Å². The van der Waals surface area contributed by atoms with Crippen molar-refractivity contribution in [3.8, 4) is 0 Å². The molecule has 26 heavy (non-hydrogen) atoms. The fraction of sp³-hybridized carbons (Fsp3) is 0.556. The maximum atomic E-state index is 13.6. The van der Waals surface area contributed by atoms with E-state index in [4.69, 9.17) is 9.57 Å². The first-order valence-electron chi connectivity index (χ1n) is 8.34. The minimum atomic E-state index is -1.02. The van der Waals surface area contributed by atoms with Gasteiger partial charge in [0.15, 0.2) is 0 Å². The Morgan fingerprint density at radius 2 is 1.92 bits per heavy atom. The third kappa shape index (κ3) is 4.07. The molecule has 0 spiro atoms. The summed E-state index contributed by atoms with van der Waals surface area (Å²) >= 11 is 3.15. The average Bonchev–Trinajstić information content (AvgIpc) is 2.64. The number of carbonyl (C=O) groups excluding carboxylic acids is 2. The van der Waals surface area contributed by atoms with Crippen LogP contribution in [0.25, 0.3) is 0 Å². The van der Waals surface area contributed by atoms with Crippen LogP contribution in [0.3, 0.4) is 0 Å². The number of hydrogen-bond acceptors (Lipinski definition) is 5. The summed E-state index contributed by atoms with van der Waals surface area (Å²) in [6, 6.07) is 2.99. The Kier molecular flexibility index (Phi) is 6.76. The molecule has 0 bridgehead atoms. The lowest BCUT2D eigenvalue weighted by Crippen LogP contribution is -2.61. The summed E-state index contributed by atoms with van der Waals surface area (Å²) in [5, 5.41) is 1.75. The van der Waals surface area contributed by atoms with Gasteiger partial charge in [-0.2, -0.15) is 5.06 Å². The van der Waals surface area contributed by atoms with Crippen LogP contribution in [0.5, 0.6) is 0 Å². The van der Waals surface area contributed by atoms with E-state index in [9.17, 15) is 14.0 Å². The van der Waals surface area contributed by atoms with Crippen molar-refractivity contribution in [1.82, 2.24) is 9.96 Å². The standard InChI is InChI=1S/C18H24BrFN2O4/c1-12-9-15(20)14(19)10-13(12)11-16(23)21(2)18(17(24)25-3)5-7-22(26-4)8-6-18/h9-10H,5-8,11H2,1-4H3. The van der Waals surface area contributed by atoms with Crippen molar-refractivity contribution in [3.63, 3.8) is 0 Å². The fourth-order valence-corrected chi connectivity index (χ4v) is 3.69. The number of ether oxygens (including phenoxy) is 1. The van der Waals surface area contributed by atoms with Crippen molar-refractivity contribution in [2.75, 3.05) is 34.4 Å². The molecule has 1 amide bonds. The molecule has 6 nitrogen and oxygen atoms in total. The van der Waals surface area contributed by atoms with E-state index < -0.39 is 11.5 Å². The highest BCUT2D eigenvalue weighted by molar-refractivity contribution is 9.10. The number of benzene rings is 1. The molecule has 2 rings (SSSR count). The number of piperidine rings is 1. The number of carbonyl (C=O) groups is 2. The van der Waals surface area contributed by atoms with Gasteiger partial charge in [-0.3, -0.25) is 4.79 Å². The first-order valence-corrected chi connectivity index (χ1v) is 9.13. The van der Waals surface area contributed by atoms with Gasteiger partial charge in [-0.1, -0.05) is 0 Å². The summed E-state index contributed by atoms with van der Waals surface area (Å²) in [5.41, 5.74) is 0.379. The highest BCUT2D eigenvalue weighted by Gasteiger charge is 2.47. The second kappa shape index (κ2) is 8.45. The molecule has 1 saturated heterocycles. The van der Waals surface area contributed by atoms with Crippen LogP contribution < -0.4 is 0 Å². The Morgan fingerprint density at radius 1 is 1.31 bits per heavy atom. The van der Waals surface area contributed by atoms with Crippen molar-refractivity contribution < 1.29 is 23.6 Å². The van der Waals surface area contributed by atoms with Gasteiger partial charge < -0.3 is 14.5 Å². The zero-order valence-corrected chi connectivity index (χ0v) is 17.1. The number of hydroxylamine groups is 2. The Balaban J connectivity index is 2.23. The Bertz CT molecular complexity index is 690. The largest absolute Gasteiger partial charge is 0.467 e. The van der Waals surface area contributed by atoms with Crippen molar-refractivity contribution in [2.24, 2.45) is 0 Å². The molecule has 0 aromatic heterocycles. The highest BCUT2D eigenvalue weighted by atomic mass is 79.9. The average molecular weight is 431 g/mol. The molecule has 1 aliphatic rings. The minimum absolute atomic E-state index is 0.0773. The Hall–Kier alpha value is -1.51. The molecule has 0 atom stereocenters. The van der Waals surface area contributed by atoms with Gasteiger partial charge in [-0.05, 0) is 59.0 Å². The number of methoxy groups -OCH3 is 1. The molecule has 0 unspecified atom stereocenters. The van der Waals surface area contributed by atoms with Gasteiger partial charge in [0.2, 0.25) is 5.91 Å². The maximum absolute atomic E-state index is 13.6. The van der Waals surface area contributed by atoms with Crippen LogP contribution in [0.2, 0.25) is 0 Å². The first-order chi connectivity index (χ1) is 12.2. The monoisotopic (exact) mass is 430 g/mol. The van der Waals surface area contributed by atoms with Crippen LogP contribution in [0, 0.1) is 12.7 Å². The molecule has 1 heterocycles. The molecule has 1 fully saturated rings. The van der Waals surface area contributed by atoms with Crippen LogP contribution in [-0.4, -0.2) is 61.7 Å². The van der Waals surface area contributed by atoms with E-state index in [0.29, 0.717) is 41.5 Å². The third-order valence-electron chi connectivity index (χ3n) is 5.11. The molecule has 1 aromatic carbocycles. The molecule has 1 aromatic rings. The quantitative estimate of drug-likeness (QED) is 0.671. The zero-order chi connectivity index (χ0) is 19.5. The van der Waals surface area contributed by atoms with E-state index in [-0.39, 0.29) is 18.1 Å².